The Morgan fingerprint density at radius 2 is 1.71 bits per heavy atom. The van der Waals surface area contributed by atoms with Crippen LogP contribution in [0.3, 0.4) is 0 Å². The number of hydrogen-bond acceptors (Lipinski definition) is 1. The van der Waals surface area contributed by atoms with Gasteiger partial charge in [-0.2, -0.15) is 0 Å². The lowest BCUT2D eigenvalue weighted by molar-refractivity contribution is 0.455. The second kappa shape index (κ2) is 7.24. The van der Waals surface area contributed by atoms with Gasteiger partial charge in [0.05, 0.1) is 0 Å². The topological polar surface area (TPSA) is 12.0 Å². The van der Waals surface area contributed by atoms with Crippen LogP contribution in [0, 0.1) is 13.8 Å². The Morgan fingerprint density at radius 1 is 1.05 bits per heavy atom. The van der Waals surface area contributed by atoms with Gasteiger partial charge in [0.1, 0.15) is 0 Å². The van der Waals surface area contributed by atoms with Crippen LogP contribution in [0.25, 0.3) is 0 Å². The van der Waals surface area contributed by atoms with Gasteiger partial charge in [-0.15, -0.1) is 0 Å². The molecule has 0 aromatic heterocycles. The van der Waals surface area contributed by atoms with E-state index in [0.29, 0.717) is 12.1 Å². The van der Waals surface area contributed by atoms with E-state index in [-0.39, 0.29) is 0 Å². The number of benzene rings is 2. The highest BCUT2D eigenvalue weighted by Gasteiger charge is 2.15. The van der Waals surface area contributed by atoms with Crippen LogP contribution in [0.1, 0.15) is 54.6 Å². The average molecular weight is 346 g/mol. The fourth-order valence-corrected chi connectivity index (χ4v) is 3.03. The minimum atomic E-state index is 0.346. The SMILES string of the molecule is CCC(NC(C)c1cc(C)ccc1C)c1ccc(Br)cc1. The van der Waals surface area contributed by atoms with Crippen molar-refractivity contribution >= 4 is 15.9 Å². The smallest absolute Gasteiger partial charge is 0.0323 e. The molecule has 0 fully saturated rings. The average Bonchev–Trinajstić information content (AvgIpc) is 2.48. The van der Waals surface area contributed by atoms with Gasteiger partial charge in [0.15, 0.2) is 0 Å². The van der Waals surface area contributed by atoms with E-state index >= 15 is 0 Å². The molecule has 2 unspecified atom stereocenters. The monoisotopic (exact) mass is 345 g/mol. The van der Waals surface area contributed by atoms with Gasteiger partial charge >= 0.3 is 0 Å². The lowest BCUT2D eigenvalue weighted by atomic mass is 9.97. The molecule has 0 amide bonds. The predicted octanol–water partition coefficient (Wildman–Crippen LogP) is 5.87. The first kappa shape index (κ1) is 16.3. The van der Waals surface area contributed by atoms with Crippen molar-refractivity contribution in [3.8, 4) is 0 Å². The van der Waals surface area contributed by atoms with Gasteiger partial charge in [-0.1, -0.05) is 58.7 Å². The molecule has 2 atom stereocenters. The van der Waals surface area contributed by atoms with Crippen molar-refractivity contribution in [1.82, 2.24) is 5.32 Å². The highest BCUT2D eigenvalue weighted by Crippen LogP contribution is 2.25. The molecule has 0 saturated carbocycles. The van der Waals surface area contributed by atoms with Crippen LogP contribution >= 0.6 is 15.9 Å². The van der Waals surface area contributed by atoms with Crippen molar-refractivity contribution in [3.63, 3.8) is 0 Å². The molecule has 21 heavy (non-hydrogen) atoms. The first-order chi connectivity index (χ1) is 10.0. The molecule has 0 heterocycles. The summed E-state index contributed by atoms with van der Waals surface area (Å²) in [7, 11) is 0. The predicted molar refractivity (Wildman–Crippen MR) is 94.6 cm³/mol. The van der Waals surface area contributed by atoms with Crippen molar-refractivity contribution in [1.29, 1.82) is 0 Å². The maximum Gasteiger partial charge on any atom is 0.0323 e. The summed E-state index contributed by atoms with van der Waals surface area (Å²) in [6, 6.07) is 16.0. The molecule has 1 N–H and O–H groups in total. The van der Waals surface area contributed by atoms with Gasteiger partial charge in [-0.3, -0.25) is 0 Å². The van der Waals surface area contributed by atoms with E-state index in [1.54, 1.807) is 0 Å². The van der Waals surface area contributed by atoms with Crippen LogP contribution in [-0.4, -0.2) is 0 Å². The number of aryl methyl sites for hydroxylation is 2. The van der Waals surface area contributed by atoms with Gasteiger partial charge in [-0.05, 0) is 56.0 Å². The van der Waals surface area contributed by atoms with Gasteiger partial charge in [0, 0.05) is 16.6 Å². The molecule has 2 aromatic carbocycles. The first-order valence-electron chi connectivity index (χ1n) is 7.60. The van der Waals surface area contributed by atoms with E-state index in [2.05, 4.69) is 91.4 Å². The zero-order valence-electron chi connectivity index (χ0n) is 13.3. The molecule has 2 heteroatoms. The zero-order valence-corrected chi connectivity index (χ0v) is 14.9. The van der Waals surface area contributed by atoms with Crippen molar-refractivity contribution < 1.29 is 0 Å². The van der Waals surface area contributed by atoms with Crippen LogP contribution in [0.4, 0.5) is 0 Å². The van der Waals surface area contributed by atoms with Crippen LogP contribution in [0.2, 0.25) is 0 Å². The van der Waals surface area contributed by atoms with E-state index in [0.717, 1.165) is 10.9 Å². The summed E-state index contributed by atoms with van der Waals surface area (Å²) in [6.07, 6.45) is 1.08. The number of hydrogen-bond donors (Lipinski definition) is 1. The minimum absolute atomic E-state index is 0.346. The molecule has 0 aliphatic rings. The third-order valence-electron chi connectivity index (χ3n) is 4.03. The fourth-order valence-electron chi connectivity index (χ4n) is 2.76. The van der Waals surface area contributed by atoms with E-state index in [1.807, 2.05) is 0 Å². The molecule has 0 bridgehead atoms. The molecule has 0 radical (unpaired) electrons. The zero-order chi connectivity index (χ0) is 15.4. The van der Waals surface area contributed by atoms with Crippen molar-refractivity contribution in [2.45, 2.75) is 46.2 Å². The van der Waals surface area contributed by atoms with Crippen molar-refractivity contribution in [3.05, 3.63) is 69.2 Å². The standard InChI is InChI=1S/C19H24BrN/c1-5-19(16-8-10-17(20)11-9-16)21-15(4)18-12-13(2)6-7-14(18)3/h6-12,15,19,21H,5H2,1-4H3. The lowest BCUT2D eigenvalue weighted by Crippen LogP contribution is -2.24. The van der Waals surface area contributed by atoms with E-state index < -0.39 is 0 Å². The van der Waals surface area contributed by atoms with E-state index in [1.165, 1.54) is 22.3 Å². The molecule has 0 aliphatic carbocycles. The number of rotatable bonds is 5. The van der Waals surface area contributed by atoms with Crippen LogP contribution < -0.4 is 5.32 Å². The molecule has 2 rings (SSSR count). The second-order valence-corrected chi connectivity index (χ2v) is 6.68. The summed E-state index contributed by atoms with van der Waals surface area (Å²) in [5.41, 5.74) is 5.41. The fraction of sp³-hybridized carbons (Fsp3) is 0.368. The summed E-state index contributed by atoms with van der Waals surface area (Å²) in [5.74, 6) is 0. The number of nitrogens with one attached hydrogen (secondary N) is 1. The molecule has 112 valence electrons. The maximum atomic E-state index is 3.77. The van der Waals surface area contributed by atoms with E-state index in [4.69, 9.17) is 0 Å². The molecule has 0 spiro atoms. The molecule has 0 saturated heterocycles. The maximum absolute atomic E-state index is 3.77. The molecular formula is C19H24BrN. The Kier molecular flexibility index (Phi) is 5.60. The summed E-state index contributed by atoms with van der Waals surface area (Å²) in [4.78, 5) is 0. The van der Waals surface area contributed by atoms with Crippen molar-refractivity contribution in [2.24, 2.45) is 0 Å². The summed E-state index contributed by atoms with van der Waals surface area (Å²) in [5, 5.41) is 3.77. The summed E-state index contributed by atoms with van der Waals surface area (Å²) < 4.78 is 1.13. The Labute approximate surface area is 136 Å². The van der Waals surface area contributed by atoms with Crippen LogP contribution in [0.5, 0.6) is 0 Å². The Morgan fingerprint density at radius 3 is 2.33 bits per heavy atom. The molecule has 1 nitrogen and oxygen atoms in total. The van der Waals surface area contributed by atoms with Gasteiger partial charge in [0.25, 0.3) is 0 Å². The third kappa shape index (κ3) is 4.18. The highest BCUT2D eigenvalue weighted by molar-refractivity contribution is 9.10. The Hall–Kier alpha value is -1.12. The van der Waals surface area contributed by atoms with Crippen molar-refractivity contribution in [2.75, 3.05) is 0 Å². The number of halogens is 1. The minimum Gasteiger partial charge on any atom is -0.303 e. The first-order valence-corrected chi connectivity index (χ1v) is 8.39. The largest absolute Gasteiger partial charge is 0.303 e. The Bertz CT molecular complexity index is 589. The van der Waals surface area contributed by atoms with Gasteiger partial charge < -0.3 is 5.32 Å². The Balaban J connectivity index is 2.17. The second-order valence-electron chi connectivity index (χ2n) is 5.76. The van der Waals surface area contributed by atoms with Gasteiger partial charge in [-0.25, -0.2) is 0 Å². The molecule has 0 aliphatic heterocycles. The summed E-state index contributed by atoms with van der Waals surface area (Å²) >= 11 is 3.50. The molecule has 2 aromatic rings. The quantitative estimate of drug-likeness (QED) is 0.714. The molecular weight excluding hydrogens is 322 g/mol. The lowest BCUT2D eigenvalue weighted by Gasteiger charge is -2.24. The van der Waals surface area contributed by atoms with E-state index in [9.17, 15) is 0 Å². The van der Waals surface area contributed by atoms with Crippen LogP contribution in [0.15, 0.2) is 46.9 Å². The third-order valence-corrected chi connectivity index (χ3v) is 4.56. The normalized spacial score (nSPS) is 14.0. The van der Waals surface area contributed by atoms with Crippen LogP contribution in [-0.2, 0) is 0 Å². The van der Waals surface area contributed by atoms with Gasteiger partial charge in [0.2, 0.25) is 0 Å². The summed E-state index contributed by atoms with van der Waals surface area (Å²) in [6.45, 7) is 8.83. The highest BCUT2D eigenvalue weighted by atomic mass is 79.9.